The second kappa shape index (κ2) is 5.22. The Kier molecular flexibility index (Phi) is 4.22. The number of carbonyl (C=O) groups excluding carboxylic acids is 1. The average molecular weight is 184 g/mol. The maximum absolute atomic E-state index is 11.5. The molecule has 1 atom stereocenters. The van der Waals surface area contributed by atoms with Crippen LogP contribution in [0.15, 0.2) is 0 Å². The fourth-order valence-electron chi connectivity index (χ4n) is 2.02. The Labute approximate surface area is 80.3 Å². The predicted octanol–water partition coefficient (Wildman–Crippen LogP) is 1.13. The summed E-state index contributed by atoms with van der Waals surface area (Å²) in [6.07, 6.45) is 5.10. The summed E-state index contributed by atoms with van der Waals surface area (Å²) in [5.41, 5.74) is 5.46. The third-order valence-corrected chi connectivity index (χ3v) is 2.74. The van der Waals surface area contributed by atoms with Crippen LogP contribution in [0, 0.1) is 0 Å². The molecule has 1 fully saturated rings. The molecule has 1 amide bonds. The maximum atomic E-state index is 11.5. The van der Waals surface area contributed by atoms with E-state index in [1.165, 1.54) is 12.8 Å². The van der Waals surface area contributed by atoms with Crippen molar-refractivity contribution in [2.75, 3.05) is 13.1 Å². The lowest BCUT2D eigenvalue weighted by Crippen LogP contribution is -2.35. The molecule has 2 N–H and O–H groups in total. The van der Waals surface area contributed by atoms with Crippen LogP contribution in [0.4, 0.5) is 0 Å². The number of nitrogens with zero attached hydrogens (tertiary/aromatic N) is 1. The highest BCUT2D eigenvalue weighted by atomic mass is 16.2. The van der Waals surface area contributed by atoms with Crippen LogP contribution in [0.5, 0.6) is 0 Å². The maximum Gasteiger partial charge on any atom is 0.222 e. The number of hydrogen-bond acceptors (Lipinski definition) is 2. The summed E-state index contributed by atoms with van der Waals surface area (Å²) in [5.74, 6) is 0.305. The van der Waals surface area contributed by atoms with E-state index in [4.69, 9.17) is 5.73 Å². The van der Waals surface area contributed by atoms with Gasteiger partial charge in [0, 0.05) is 19.0 Å². The zero-order chi connectivity index (χ0) is 9.68. The lowest BCUT2D eigenvalue weighted by Gasteiger charge is -2.24. The summed E-state index contributed by atoms with van der Waals surface area (Å²) in [4.78, 5) is 13.5. The molecule has 0 aromatic heterocycles. The molecule has 0 aromatic rings. The van der Waals surface area contributed by atoms with E-state index in [1.54, 1.807) is 0 Å². The molecule has 0 saturated carbocycles. The second-order valence-corrected chi connectivity index (χ2v) is 3.67. The van der Waals surface area contributed by atoms with Gasteiger partial charge in [-0.2, -0.15) is 0 Å². The number of nitrogens with two attached hydrogens (primary N) is 1. The third-order valence-electron chi connectivity index (χ3n) is 2.74. The number of likely N-dealkylation sites (tertiary alicyclic amines) is 1. The van der Waals surface area contributed by atoms with Gasteiger partial charge in [-0.3, -0.25) is 4.79 Å². The predicted molar refractivity (Wildman–Crippen MR) is 53.3 cm³/mol. The van der Waals surface area contributed by atoms with E-state index < -0.39 is 0 Å². The Morgan fingerprint density at radius 1 is 1.62 bits per heavy atom. The number of hydrogen-bond donors (Lipinski definition) is 1. The van der Waals surface area contributed by atoms with Gasteiger partial charge < -0.3 is 10.6 Å². The summed E-state index contributed by atoms with van der Waals surface area (Å²) in [7, 11) is 0. The van der Waals surface area contributed by atoms with Gasteiger partial charge >= 0.3 is 0 Å². The molecular formula is C10H20N2O. The van der Waals surface area contributed by atoms with Crippen molar-refractivity contribution in [2.24, 2.45) is 5.73 Å². The molecule has 3 heteroatoms. The van der Waals surface area contributed by atoms with Crippen molar-refractivity contribution in [1.29, 1.82) is 0 Å². The van der Waals surface area contributed by atoms with Crippen molar-refractivity contribution in [3.8, 4) is 0 Å². The molecule has 1 heterocycles. The summed E-state index contributed by atoms with van der Waals surface area (Å²) in [6.45, 7) is 3.63. The van der Waals surface area contributed by atoms with Crippen LogP contribution in [0.25, 0.3) is 0 Å². The Morgan fingerprint density at radius 2 is 2.38 bits per heavy atom. The summed E-state index contributed by atoms with van der Waals surface area (Å²) < 4.78 is 0. The molecule has 76 valence electrons. The zero-order valence-electron chi connectivity index (χ0n) is 8.46. The second-order valence-electron chi connectivity index (χ2n) is 3.67. The minimum Gasteiger partial charge on any atom is -0.340 e. The summed E-state index contributed by atoms with van der Waals surface area (Å²) in [6, 6.07) is 0.482. The van der Waals surface area contributed by atoms with Gasteiger partial charge in [0.2, 0.25) is 5.91 Å². The first-order valence-electron chi connectivity index (χ1n) is 5.29. The smallest absolute Gasteiger partial charge is 0.222 e. The van der Waals surface area contributed by atoms with E-state index in [-0.39, 0.29) is 0 Å². The molecule has 0 aromatic carbocycles. The number of amides is 1. The molecule has 1 aliphatic rings. The molecule has 3 nitrogen and oxygen atoms in total. The highest BCUT2D eigenvalue weighted by Gasteiger charge is 2.26. The van der Waals surface area contributed by atoms with E-state index in [1.807, 2.05) is 11.8 Å². The molecule has 0 radical (unpaired) electrons. The van der Waals surface area contributed by atoms with Crippen LogP contribution in [-0.2, 0) is 4.79 Å². The first kappa shape index (κ1) is 10.5. The molecule has 1 saturated heterocycles. The van der Waals surface area contributed by atoms with Crippen molar-refractivity contribution >= 4 is 5.91 Å². The van der Waals surface area contributed by atoms with E-state index in [2.05, 4.69) is 0 Å². The lowest BCUT2D eigenvalue weighted by atomic mass is 10.1. The molecule has 1 unspecified atom stereocenters. The number of carbonyl (C=O) groups is 1. The first-order valence-corrected chi connectivity index (χ1v) is 5.29. The topological polar surface area (TPSA) is 46.3 Å². The Bertz CT molecular complexity index is 170. The van der Waals surface area contributed by atoms with Gasteiger partial charge in [0.05, 0.1) is 0 Å². The highest BCUT2D eigenvalue weighted by Crippen LogP contribution is 2.21. The highest BCUT2D eigenvalue weighted by molar-refractivity contribution is 5.76. The SMILES string of the molecule is CCC(=O)N1CCCC1CCCN. The Balaban J connectivity index is 2.39. The van der Waals surface area contributed by atoms with Crippen LogP contribution in [0.2, 0.25) is 0 Å². The van der Waals surface area contributed by atoms with Gasteiger partial charge in [0.25, 0.3) is 0 Å². The average Bonchev–Trinajstić information content (AvgIpc) is 2.61. The van der Waals surface area contributed by atoms with E-state index in [0.29, 0.717) is 18.4 Å². The van der Waals surface area contributed by atoms with Gasteiger partial charge in [-0.05, 0) is 32.2 Å². The first-order chi connectivity index (χ1) is 6.29. The molecule has 1 rings (SSSR count). The minimum absolute atomic E-state index is 0.305. The third kappa shape index (κ3) is 2.69. The van der Waals surface area contributed by atoms with Crippen LogP contribution in [-0.4, -0.2) is 29.9 Å². The number of rotatable bonds is 4. The Morgan fingerprint density at radius 3 is 3.00 bits per heavy atom. The molecule has 1 aliphatic heterocycles. The van der Waals surface area contributed by atoms with Crippen LogP contribution in [0.1, 0.15) is 39.0 Å². The van der Waals surface area contributed by atoms with Crippen molar-refractivity contribution < 1.29 is 4.79 Å². The fourth-order valence-corrected chi connectivity index (χ4v) is 2.02. The van der Waals surface area contributed by atoms with E-state index in [9.17, 15) is 4.79 Å². The van der Waals surface area contributed by atoms with Gasteiger partial charge in [-0.25, -0.2) is 0 Å². The molecule has 0 spiro atoms. The van der Waals surface area contributed by atoms with Gasteiger partial charge in [0.15, 0.2) is 0 Å². The van der Waals surface area contributed by atoms with Gasteiger partial charge in [-0.15, -0.1) is 0 Å². The normalized spacial score (nSPS) is 22.3. The Hall–Kier alpha value is -0.570. The monoisotopic (exact) mass is 184 g/mol. The van der Waals surface area contributed by atoms with Crippen molar-refractivity contribution in [3.63, 3.8) is 0 Å². The fraction of sp³-hybridized carbons (Fsp3) is 0.900. The van der Waals surface area contributed by atoms with Crippen molar-refractivity contribution in [3.05, 3.63) is 0 Å². The summed E-state index contributed by atoms with van der Waals surface area (Å²) >= 11 is 0. The standard InChI is InChI=1S/C10H20N2O/c1-2-10(13)12-8-4-6-9(12)5-3-7-11/h9H,2-8,11H2,1H3. The van der Waals surface area contributed by atoms with Crippen molar-refractivity contribution in [2.45, 2.75) is 45.1 Å². The van der Waals surface area contributed by atoms with Crippen molar-refractivity contribution in [1.82, 2.24) is 4.90 Å². The van der Waals surface area contributed by atoms with Crippen LogP contribution < -0.4 is 5.73 Å². The van der Waals surface area contributed by atoms with Crippen LogP contribution >= 0.6 is 0 Å². The van der Waals surface area contributed by atoms with Crippen LogP contribution in [0.3, 0.4) is 0 Å². The largest absolute Gasteiger partial charge is 0.340 e. The zero-order valence-corrected chi connectivity index (χ0v) is 8.46. The quantitative estimate of drug-likeness (QED) is 0.712. The van der Waals surface area contributed by atoms with Gasteiger partial charge in [0.1, 0.15) is 0 Å². The molecule has 0 bridgehead atoms. The summed E-state index contributed by atoms with van der Waals surface area (Å²) in [5, 5.41) is 0. The lowest BCUT2D eigenvalue weighted by molar-refractivity contribution is -0.131. The minimum atomic E-state index is 0.305. The van der Waals surface area contributed by atoms with Gasteiger partial charge in [-0.1, -0.05) is 6.92 Å². The van der Waals surface area contributed by atoms with E-state index in [0.717, 1.165) is 25.9 Å². The van der Waals surface area contributed by atoms with E-state index >= 15 is 0 Å². The molecule has 0 aliphatic carbocycles. The molecule has 13 heavy (non-hydrogen) atoms. The molecular weight excluding hydrogens is 164 g/mol.